The average molecular weight is 240 g/mol. The van der Waals surface area contributed by atoms with Crippen LogP contribution in [0, 0.1) is 0 Å². The van der Waals surface area contributed by atoms with Crippen LogP contribution in [0.2, 0.25) is 0 Å². The standard InChI is InChI=1S/C12H20N2O3/c1-9-10(3-5-16-9)11-7-14-12(17-11)8-13-4-6-15-2/h7,9-10,13H,3-6,8H2,1-2H3. The highest BCUT2D eigenvalue weighted by atomic mass is 16.5. The number of aromatic nitrogens is 1. The van der Waals surface area contributed by atoms with Gasteiger partial charge in [-0.05, 0) is 13.3 Å². The van der Waals surface area contributed by atoms with E-state index in [0.29, 0.717) is 19.1 Å². The molecule has 0 aromatic carbocycles. The van der Waals surface area contributed by atoms with Crippen molar-refractivity contribution >= 4 is 0 Å². The molecule has 0 spiro atoms. The number of hydrogen-bond donors (Lipinski definition) is 1. The van der Waals surface area contributed by atoms with Crippen molar-refractivity contribution < 1.29 is 13.9 Å². The molecule has 1 fully saturated rings. The van der Waals surface area contributed by atoms with Crippen molar-refractivity contribution in [2.24, 2.45) is 0 Å². The van der Waals surface area contributed by atoms with Crippen LogP contribution in [0.25, 0.3) is 0 Å². The largest absolute Gasteiger partial charge is 0.444 e. The molecule has 5 nitrogen and oxygen atoms in total. The Morgan fingerprint density at radius 2 is 2.47 bits per heavy atom. The van der Waals surface area contributed by atoms with E-state index in [9.17, 15) is 0 Å². The molecule has 0 bridgehead atoms. The summed E-state index contributed by atoms with van der Waals surface area (Å²) in [6.45, 7) is 5.04. The van der Waals surface area contributed by atoms with E-state index >= 15 is 0 Å². The first-order chi connectivity index (χ1) is 8.31. The molecular weight excluding hydrogens is 220 g/mol. The van der Waals surface area contributed by atoms with Crippen LogP contribution in [0.5, 0.6) is 0 Å². The van der Waals surface area contributed by atoms with Crippen molar-refractivity contribution in [3.05, 3.63) is 17.8 Å². The van der Waals surface area contributed by atoms with E-state index in [1.807, 2.05) is 6.20 Å². The zero-order chi connectivity index (χ0) is 12.1. The van der Waals surface area contributed by atoms with Crippen LogP contribution in [0.4, 0.5) is 0 Å². The number of hydrogen-bond acceptors (Lipinski definition) is 5. The predicted octanol–water partition coefficient (Wildman–Crippen LogP) is 1.30. The van der Waals surface area contributed by atoms with Crippen LogP contribution in [-0.2, 0) is 16.0 Å². The lowest BCUT2D eigenvalue weighted by molar-refractivity contribution is 0.115. The lowest BCUT2D eigenvalue weighted by Crippen LogP contribution is -2.18. The zero-order valence-corrected chi connectivity index (χ0v) is 10.4. The number of methoxy groups -OCH3 is 1. The van der Waals surface area contributed by atoms with Crippen LogP contribution >= 0.6 is 0 Å². The van der Waals surface area contributed by atoms with Crippen LogP contribution < -0.4 is 5.32 Å². The maximum atomic E-state index is 5.72. The maximum Gasteiger partial charge on any atom is 0.208 e. The van der Waals surface area contributed by atoms with Crippen molar-refractivity contribution in [2.45, 2.75) is 31.9 Å². The molecule has 96 valence electrons. The van der Waals surface area contributed by atoms with Crippen LogP contribution in [-0.4, -0.2) is 38.0 Å². The van der Waals surface area contributed by atoms with Crippen LogP contribution in [0.3, 0.4) is 0 Å². The van der Waals surface area contributed by atoms with Gasteiger partial charge in [0, 0.05) is 26.2 Å². The maximum absolute atomic E-state index is 5.72. The van der Waals surface area contributed by atoms with Gasteiger partial charge in [0.05, 0.1) is 25.5 Å². The number of rotatable bonds is 6. The molecule has 17 heavy (non-hydrogen) atoms. The van der Waals surface area contributed by atoms with Crippen LogP contribution in [0.15, 0.2) is 10.6 Å². The summed E-state index contributed by atoms with van der Waals surface area (Å²) in [6, 6.07) is 0. The molecule has 2 atom stereocenters. The highest BCUT2D eigenvalue weighted by Gasteiger charge is 2.28. The van der Waals surface area contributed by atoms with Gasteiger partial charge < -0.3 is 19.2 Å². The lowest BCUT2D eigenvalue weighted by atomic mass is 10.0. The minimum Gasteiger partial charge on any atom is -0.444 e. The molecule has 1 aliphatic heterocycles. The van der Waals surface area contributed by atoms with Gasteiger partial charge in [0.25, 0.3) is 0 Å². The van der Waals surface area contributed by atoms with E-state index < -0.39 is 0 Å². The second kappa shape index (κ2) is 6.14. The first kappa shape index (κ1) is 12.5. The van der Waals surface area contributed by atoms with Crippen LogP contribution in [0.1, 0.15) is 30.9 Å². The molecule has 1 saturated heterocycles. The molecule has 5 heteroatoms. The SMILES string of the molecule is COCCNCc1ncc(C2CCOC2C)o1. The summed E-state index contributed by atoms with van der Waals surface area (Å²) >= 11 is 0. The second-order valence-electron chi connectivity index (χ2n) is 4.30. The zero-order valence-electron chi connectivity index (χ0n) is 10.4. The normalized spacial score (nSPS) is 24.4. The number of oxazole rings is 1. The average Bonchev–Trinajstić information content (AvgIpc) is 2.93. The highest BCUT2D eigenvalue weighted by molar-refractivity contribution is 5.05. The molecule has 1 N–H and O–H groups in total. The van der Waals surface area contributed by atoms with E-state index in [2.05, 4.69) is 17.2 Å². The van der Waals surface area contributed by atoms with Gasteiger partial charge in [-0.15, -0.1) is 0 Å². The van der Waals surface area contributed by atoms with E-state index in [-0.39, 0.29) is 6.10 Å². The van der Waals surface area contributed by atoms with E-state index in [1.54, 1.807) is 7.11 Å². The molecule has 0 amide bonds. The Balaban J connectivity index is 1.83. The molecule has 0 aliphatic carbocycles. The Morgan fingerprint density at radius 1 is 1.59 bits per heavy atom. The van der Waals surface area contributed by atoms with Crippen molar-refractivity contribution in [3.63, 3.8) is 0 Å². The minimum atomic E-state index is 0.234. The van der Waals surface area contributed by atoms with Gasteiger partial charge in [-0.2, -0.15) is 0 Å². The van der Waals surface area contributed by atoms with E-state index in [4.69, 9.17) is 13.9 Å². The molecule has 1 aromatic heterocycles. The summed E-state index contributed by atoms with van der Waals surface area (Å²) in [5.41, 5.74) is 0. The van der Waals surface area contributed by atoms with Gasteiger partial charge >= 0.3 is 0 Å². The Morgan fingerprint density at radius 3 is 3.18 bits per heavy atom. The number of nitrogens with one attached hydrogen (secondary N) is 1. The number of ether oxygens (including phenoxy) is 2. The quantitative estimate of drug-likeness (QED) is 0.760. The van der Waals surface area contributed by atoms with Gasteiger partial charge in [-0.3, -0.25) is 0 Å². The Labute approximate surface area is 102 Å². The molecule has 1 aromatic rings. The fraction of sp³-hybridized carbons (Fsp3) is 0.750. The summed E-state index contributed by atoms with van der Waals surface area (Å²) in [5.74, 6) is 2.03. The molecule has 0 saturated carbocycles. The highest BCUT2D eigenvalue weighted by Crippen LogP contribution is 2.31. The predicted molar refractivity (Wildman–Crippen MR) is 62.9 cm³/mol. The molecule has 2 heterocycles. The fourth-order valence-corrected chi connectivity index (χ4v) is 2.05. The van der Waals surface area contributed by atoms with E-state index in [0.717, 1.165) is 31.2 Å². The monoisotopic (exact) mass is 240 g/mol. The van der Waals surface area contributed by atoms with Gasteiger partial charge in [-0.1, -0.05) is 0 Å². The van der Waals surface area contributed by atoms with Gasteiger partial charge in [0.2, 0.25) is 5.89 Å². The first-order valence-electron chi connectivity index (χ1n) is 6.07. The Hall–Kier alpha value is -0.910. The lowest BCUT2D eigenvalue weighted by Gasteiger charge is -2.09. The molecule has 1 aliphatic rings. The molecule has 0 radical (unpaired) electrons. The summed E-state index contributed by atoms with van der Waals surface area (Å²) < 4.78 is 16.2. The summed E-state index contributed by atoms with van der Waals surface area (Å²) in [4.78, 5) is 4.27. The number of nitrogens with zero attached hydrogens (tertiary/aromatic N) is 1. The molecule has 2 unspecified atom stereocenters. The molecule has 2 rings (SSSR count). The van der Waals surface area contributed by atoms with E-state index in [1.165, 1.54) is 0 Å². The second-order valence-corrected chi connectivity index (χ2v) is 4.30. The van der Waals surface area contributed by atoms with Crippen molar-refractivity contribution in [2.75, 3.05) is 26.9 Å². The first-order valence-corrected chi connectivity index (χ1v) is 6.07. The minimum absolute atomic E-state index is 0.234. The summed E-state index contributed by atoms with van der Waals surface area (Å²) in [7, 11) is 1.69. The Bertz CT molecular complexity index is 340. The third-order valence-corrected chi connectivity index (χ3v) is 3.07. The summed E-state index contributed by atoms with van der Waals surface area (Å²) in [5, 5.41) is 3.21. The van der Waals surface area contributed by atoms with Crippen molar-refractivity contribution in [3.8, 4) is 0 Å². The topological polar surface area (TPSA) is 56.5 Å². The third kappa shape index (κ3) is 3.28. The molecular formula is C12H20N2O3. The Kier molecular flexibility index (Phi) is 4.53. The summed E-state index contributed by atoms with van der Waals surface area (Å²) in [6.07, 6.45) is 3.08. The van der Waals surface area contributed by atoms with Crippen molar-refractivity contribution in [1.29, 1.82) is 0 Å². The van der Waals surface area contributed by atoms with Crippen molar-refractivity contribution in [1.82, 2.24) is 10.3 Å². The van der Waals surface area contributed by atoms with Gasteiger partial charge in [-0.25, -0.2) is 4.98 Å². The fourth-order valence-electron chi connectivity index (χ4n) is 2.05. The smallest absolute Gasteiger partial charge is 0.208 e. The third-order valence-electron chi connectivity index (χ3n) is 3.07. The van der Waals surface area contributed by atoms with Gasteiger partial charge in [0.1, 0.15) is 5.76 Å². The van der Waals surface area contributed by atoms with Gasteiger partial charge in [0.15, 0.2) is 0 Å².